The lowest BCUT2D eigenvalue weighted by Crippen LogP contribution is -2.45. The zero-order chi connectivity index (χ0) is 82.3. The molecule has 0 atom stereocenters. The van der Waals surface area contributed by atoms with Crippen LogP contribution in [0.25, 0.3) is 0 Å². The van der Waals surface area contributed by atoms with Crippen LogP contribution in [0.2, 0.25) is 0 Å². The quantitative estimate of drug-likeness (QED) is 0.0235. The van der Waals surface area contributed by atoms with Gasteiger partial charge in [-0.3, -0.25) is 38.4 Å². The number of carbonyl (C=O) groups excluding carboxylic acids is 9. The van der Waals surface area contributed by atoms with Gasteiger partial charge in [0, 0.05) is 115 Å². The topological polar surface area (TPSA) is 371 Å². The SMILES string of the molecule is CC(C)(C)OC(=O)NC/C(=C/F)COc1ccc2c(c1)CCN(CC(=O)O)C2=O.CC(C)NC(=O)CN1CCc2cc(OC/C(=C\F)CN)ccc2C1=O.CC(C)NC(=O)CN1CCc2cc(OC/C(=C\F)CN)ccc2C1=O.CC(C)NC(=O)CN1CCc2cc(OC/C(=C\F)CNC(=O)OC(C)(C)C)ccc2C1=O.Cl.Cl. The molecule has 4 aliphatic heterocycles. The molecule has 0 fully saturated rings. The number of hydrogen-bond acceptors (Lipinski definition) is 18. The van der Waals surface area contributed by atoms with Gasteiger partial charge in [-0.05, 0) is 204 Å². The predicted octanol–water partition coefficient (Wildman–Crippen LogP) is 9.14. The Morgan fingerprint density at radius 3 is 0.876 bits per heavy atom. The van der Waals surface area contributed by atoms with Gasteiger partial charge in [0.15, 0.2) is 0 Å². The molecular formula is C79H107Cl2F4N11O17. The summed E-state index contributed by atoms with van der Waals surface area (Å²) in [7, 11) is 0. The minimum Gasteiger partial charge on any atom is -0.489 e. The van der Waals surface area contributed by atoms with E-state index >= 15 is 0 Å². The first kappa shape index (κ1) is 96.8. The van der Waals surface area contributed by atoms with Gasteiger partial charge in [0.05, 0.1) is 45.0 Å². The van der Waals surface area contributed by atoms with E-state index in [4.69, 9.17) is 45.0 Å². The average molecular weight is 1630 g/mol. The Labute approximate surface area is 668 Å². The maximum atomic E-state index is 13.2. The van der Waals surface area contributed by atoms with E-state index in [2.05, 4.69) is 26.6 Å². The highest BCUT2D eigenvalue weighted by Crippen LogP contribution is 2.29. The molecule has 4 heterocycles. The summed E-state index contributed by atoms with van der Waals surface area (Å²) in [5.41, 5.74) is 16.0. The minimum atomic E-state index is -1.06. The van der Waals surface area contributed by atoms with Crippen LogP contribution in [-0.2, 0) is 54.3 Å². The van der Waals surface area contributed by atoms with Gasteiger partial charge in [-0.2, -0.15) is 0 Å². The van der Waals surface area contributed by atoms with Gasteiger partial charge in [0.1, 0.15) is 67.2 Å². The van der Waals surface area contributed by atoms with Crippen molar-refractivity contribution in [2.24, 2.45) is 11.5 Å². The minimum absolute atomic E-state index is 0. The molecule has 0 saturated heterocycles. The number of rotatable bonds is 29. The molecule has 28 nitrogen and oxygen atoms in total. The van der Waals surface area contributed by atoms with E-state index in [1.165, 1.54) is 9.80 Å². The van der Waals surface area contributed by atoms with E-state index in [1.54, 1.807) is 124 Å². The molecule has 4 aromatic carbocycles. The highest BCUT2D eigenvalue weighted by atomic mass is 35.5. The summed E-state index contributed by atoms with van der Waals surface area (Å²) in [6.07, 6.45) is 2.70. The van der Waals surface area contributed by atoms with Crippen molar-refractivity contribution in [3.63, 3.8) is 0 Å². The van der Waals surface area contributed by atoms with E-state index in [0.29, 0.717) is 134 Å². The zero-order valence-electron chi connectivity index (χ0n) is 65.9. The lowest BCUT2D eigenvalue weighted by Gasteiger charge is -2.28. The van der Waals surface area contributed by atoms with Crippen LogP contribution in [0.5, 0.6) is 23.0 Å². The molecule has 10 N–H and O–H groups in total. The standard InChI is InChI=1S/C23H32FN3O5.C20H25FN2O6.2C18H24FN3O3.2ClH/c1-15(2)26-20(28)13-27-9-8-17-10-18(6-7-19(17)21(27)29)31-14-16(11-24)12-25-22(30)32-23(3,4)5;1-20(2,3)29-19(27)22-10-13(9-21)12-28-15-4-5-16-14(8-15)6-7-23(18(16)26)11-17(24)25;2*1-12(2)21-17(23)10-22-6-5-14-7-15(3-4-16(14)18(22)24)25-11-13(8-19)9-20;;/h6-7,10-11,15H,8-9,12-14H2,1-5H3,(H,25,30)(H,26,28);4-5,8-9H,6-7,10-12H2,1-3H3,(H,22,27)(H,24,25);2*3-4,7-8,12H,5-6,9-11,20H2,1-2H3,(H,21,23);2*1H/b16-11-;13-9-;2*13-8-;;. The zero-order valence-corrected chi connectivity index (χ0v) is 67.5. The number of aliphatic carboxylic acids is 1. The summed E-state index contributed by atoms with van der Waals surface area (Å²) in [4.78, 5) is 126. The molecular weight excluding hydrogens is 1520 g/mol. The molecule has 0 unspecified atom stereocenters. The second-order valence-corrected chi connectivity index (χ2v) is 29.1. The maximum Gasteiger partial charge on any atom is 0.407 e. The van der Waals surface area contributed by atoms with E-state index in [-0.39, 0.29) is 174 Å². The third-order valence-corrected chi connectivity index (χ3v) is 16.2. The van der Waals surface area contributed by atoms with Gasteiger partial charge in [0.25, 0.3) is 23.6 Å². The number of nitrogens with zero attached hydrogens (tertiary/aromatic N) is 4. The molecule has 0 saturated carbocycles. The molecule has 0 bridgehead atoms. The van der Waals surface area contributed by atoms with Gasteiger partial charge in [-0.1, -0.05) is 0 Å². The fourth-order valence-electron chi connectivity index (χ4n) is 11.0. The van der Waals surface area contributed by atoms with E-state index in [9.17, 15) is 65.5 Å². The number of nitrogens with one attached hydrogen (secondary N) is 5. The van der Waals surface area contributed by atoms with Crippen LogP contribution in [-0.4, -0.2) is 219 Å². The van der Waals surface area contributed by atoms with Gasteiger partial charge in [0.2, 0.25) is 17.7 Å². The van der Waals surface area contributed by atoms with Crippen LogP contribution in [0, 0.1) is 0 Å². The summed E-state index contributed by atoms with van der Waals surface area (Å²) in [6, 6.07) is 20.2. The number of amides is 9. The average Bonchev–Trinajstić information content (AvgIpc) is 0.820. The number of carboxylic acid groups (broad SMARTS) is 1. The summed E-state index contributed by atoms with van der Waals surface area (Å²) >= 11 is 0. The second-order valence-electron chi connectivity index (χ2n) is 29.1. The van der Waals surface area contributed by atoms with E-state index in [1.807, 2.05) is 41.5 Å². The number of carbonyl (C=O) groups is 10. The van der Waals surface area contributed by atoms with Crippen LogP contribution >= 0.6 is 24.8 Å². The highest BCUT2D eigenvalue weighted by Gasteiger charge is 2.31. The summed E-state index contributed by atoms with van der Waals surface area (Å²) in [5, 5.41) is 22.2. The molecule has 34 heteroatoms. The maximum absolute atomic E-state index is 13.2. The lowest BCUT2D eigenvalue weighted by atomic mass is 9.98. The molecule has 0 aliphatic carbocycles. The largest absolute Gasteiger partial charge is 0.489 e. The fourth-order valence-corrected chi connectivity index (χ4v) is 11.0. The van der Waals surface area contributed by atoms with Crippen molar-refractivity contribution >= 4 is 84.3 Å². The van der Waals surface area contributed by atoms with Crippen molar-refractivity contribution in [2.75, 3.05) is 105 Å². The Bertz CT molecular complexity index is 3960. The number of carboxylic acids is 1. The Morgan fingerprint density at radius 2 is 0.664 bits per heavy atom. The second kappa shape index (κ2) is 47.2. The lowest BCUT2D eigenvalue weighted by molar-refractivity contribution is -0.137. The van der Waals surface area contributed by atoms with Gasteiger partial charge in [-0.15, -0.1) is 24.8 Å². The number of benzene rings is 4. The summed E-state index contributed by atoms with van der Waals surface area (Å²) in [5.74, 6) is -0.424. The number of fused-ring (bicyclic) bond motifs is 4. The Hall–Kier alpha value is -10.4. The molecule has 4 aliphatic rings. The van der Waals surface area contributed by atoms with Crippen molar-refractivity contribution in [2.45, 2.75) is 138 Å². The molecule has 113 heavy (non-hydrogen) atoms. The molecule has 622 valence electrons. The van der Waals surface area contributed by atoms with Crippen LogP contribution in [0.3, 0.4) is 0 Å². The highest BCUT2D eigenvalue weighted by molar-refractivity contribution is 6.01. The number of ether oxygens (including phenoxy) is 6. The van der Waals surface area contributed by atoms with Crippen molar-refractivity contribution in [3.05, 3.63) is 165 Å². The predicted molar refractivity (Wildman–Crippen MR) is 421 cm³/mol. The summed E-state index contributed by atoms with van der Waals surface area (Å²) in [6.45, 7) is 23.1. The molecule has 0 radical (unpaired) electrons. The summed E-state index contributed by atoms with van der Waals surface area (Å²) < 4.78 is 83.7. The first-order chi connectivity index (χ1) is 52.4. The smallest absolute Gasteiger partial charge is 0.407 e. The molecule has 8 rings (SSSR count). The van der Waals surface area contributed by atoms with E-state index < -0.39 is 29.4 Å². The Morgan fingerprint density at radius 1 is 0.425 bits per heavy atom. The van der Waals surface area contributed by atoms with Crippen LogP contribution in [0.1, 0.15) is 147 Å². The van der Waals surface area contributed by atoms with Gasteiger partial charge >= 0.3 is 18.2 Å². The van der Waals surface area contributed by atoms with Crippen molar-refractivity contribution in [1.82, 2.24) is 46.2 Å². The van der Waals surface area contributed by atoms with Crippen LogP contribution in [0.4, 0.5) is 27.2 Å². The first-order valence-corrected chi connectivity index (χ1v) is 36.2. The van der Waals surface area contributed by atoms with E-state index in [0.717, 1.165) is 22.3 Å². The Balaban J connectivity index is 0.000000390. The van der Waals surface area contributed by atoms with Crippen LogP contribution in [0.15, 0.2) is 120 Å². The third kappa shape index (κ3) is 33.4. The van der Waals surface area contributed by atoms with Crippen molar-refractivity contribution < 1.29 is 99.0 Å². The Kier molecular flexibility index (Phi) is 40.4. The van der Waals surface area contributed by atoms with Gasteiger partial charge in [-0.25, -0.2) is 27.2 Å². The van der Waals surface area contributed by atoms with Crippen molar-refractivity contribution in [3.8, 4) is 23.0 Å². The number of alkyl carbamates (subject to hydrolysis) is 2. The molecule has 9 amide bonds. The monoisotopic (exact) mass is 1630 g/mol. The normalized spacial score (nSPS) is 14.1. The third-order valence-electron chi connectivity index (χ3n) is 16.2. The molecule has 0 spiro atoms. The number of nitrogens with two attached hydrogens (primary N) is 2. The molecule has 4 aromatic rings. The molecule has 0 aromatic heterocycles. The van der Waals surface area contributed by atoms with Gasteiger partial charge < -0.3 is 91.2 Å². The first-order valence-electron chi connectivity index (χ1n) is 36.2. The number of halogens is 6. The van der Waals surface area contributed by atoms with Crippen molar-refractivity contribution in [1.29, 1.82) is 0 Å². The van der Waals surface area contributed by atoms with Crippen LogP contribution < -0.4 is 57.0 Å². The fraction of sp³-hybridized carbons (Fsp3) is 0.468. The number of hydrogen-bond donors (Lipinski definition) is 8.